The molecule has 0 bridgehead atoms. The second kappa shape index (κ2) is 4.83. The van der Waals surface area contributed by atoms with Gasteiger partial charge in [-0.2, -0.15) is 5.26 Å². The number of pyridine rings is 1. The predicted molar refractivity (Wildman–Crippen MR) is 66.4 cm³/mol. The highest BCUT2D eigenvalue weighted by Gasteiger charge is 2.44. The van der Waals surface area contributed by atoms with Crippen molar-refractivity contribution in [3.05, 3.63) is 22.8 Å². The van der Waals surface area contributed by atoms with E-state index in [1.165, 1.54) is 12.3 Å². The zero-order valence-electron chi connectivity index (χ0n) is 9.61. The molecule has 0 amide bonds. The first kappa shape index (κ1) is 12.7. The number of hydrogen-bond donors (Lipinski definition) is 2. The highest BCUT2D eigenvalue weighted by atomic mass is 35.5. The van der Waals surface area contributed by atoms with Gasteiger partial charge < -0.3 is 10.4 Å². The summed E-state index contributed by atoms with van der Waals surface area (Å²) in [6, 6.07) is 3.47. The van der Waals surface area contributed by atoms with E-state index in [0.29, 0.717) is 24.2 Å². The van der Waals surface area contributed by atoms with Crippen molar-refractivity contribution >= 4 is 23.4 Å². The monoisotopic (exact) mass is 265 g/mol. The SMILES string of the molecule is N#Cc1ccnc(NCC2(C(=O)O)CCC2)c1Cl. The number of rotatable bonds is 4. The molecule has 2 N–H and O–H groups in total. The maximum atomic E-state index is 11.2. The van der Waals surface area contributed by atoms with E-state index in [1.54, 1.807) is 0 Å². The molecule has 0 unspecified atom stereocenters. The van der Waals surface area contributed by atoms with E-state index in [2.05, 4.69) is 10.3 Å². The third-order valence-electron chi connectivity index (χ3n) is 3.37. The number of nitrogens with zero attached hydrogens (tertiary/aromatic N) is 2. The van der Waals surface area contributed by atoms with Crippen molar-refractivity contribution in [2.75, 3.05) is 11.9 Å². The van der Waals surface area contributed by atoms with E-state index in [-0.39, 0.29) is 11.6 Å². The topological polar surface area (TPSA) is 86.0 Å². The number of aromatic nitrogens is 1. The first-order valence-corrected chi connectivity index (χ1v) is 5.99. The molecule has 1 fully saturated rings. The van der Waals surface area contributed by atoms with Gasteiger partial charge in [0.25, 0.3) is 0 Å². The Morgan fingerprint density at radius 3 is 2.89 bits per heavy atom. The van der Waals surface area contributed by atoms with Crippen LogP contribution in [0.2, 0.25) is 5.02 Å². The van der Waals surface area contributed by atoms with E-state index in [1.807, 2.05) is 6.07 Å². The molecule has 1 heterocycles. The maximum Gasteiger partial charge on any atom is 0.311 e. The standard InChI is InChI=1S/C12H12ClN3O2/c13-9-8(6-14)2-5-15-10(9)16-7-12(11(17)18)3-1-4-12/h2,5H,1,3-4,7H2,(H,15,16)(H,17,18). The maximum absolute atomic E-state index is 11.2. The summed E-state index contributed by atoms with van der Waals surface area (Å²) in [5.74, 6) is -0.433. The van der Waals surface area contributed by atoms with Crippen LogP contribution < -0.4 is 5.32 Å². The lowest BCUT2D eigenvalue weighted by Gasteiger charge is -2.37. The average Bonchev–Trinajstić information content (AvgIpc) is 2.29. The molecule has 2 rings (SSSR count). The van der Waals surface area contributed by atoms with E-state index in [0.717, 1.165) is 6.42 Å². The normalized spacial score (nSPS) is 16.4. The van der Waals surface area contributed by atoms with Gasteiger partial charge in [0, 0.05) is 12.7 Å². The number of hydrogen-bond acceptors (Lipinski definition) is 4. The fourth-order valence-corrected chi connectivity index (χ4v) is 2.20. The van der Waals surface area contributed by atoms with Gasteiger partial charge in [0.05, 0.1) is 11.0 Å². The summed E-state index contributed by atoms with van der Waals surface area (Å²) in [7, 11) is 0. The molecule has 0 aliphatic heterocycles. The van der Waals surface area contributed by atoms with Crippen molar-refractivity contribution in [2.45, 2.75) is 19.3 Å². The predicted octanol–water partition coefficient (Wildman–Crippen LogP) is 2.27. The summed E-state index contributed by atoms with van der Waals surface area (Å²) in [4.78, 5) is 15.2. The Kier molecular flexibility index (Phi) is 3.39. The molecular formula is C12H12ClN3O2. The Morgan fingerprint density at radius 1 is 1.67 bits per heavy atom. The minimum Gasteiger partial charge on any atom is -0.481 e. The van der Waals surface area contributed by atoms with Crippen LogP contribution in [-0.2, 0) is 4.79 Å². The van der Waals surface area contributed by atoms with Crippen molar-refractivity contribution in [3.8, 4) is 6.07 Å². The molecule has 0 radical (unpaired) electrons. The summed E-state index contributed by atoms with van der Waals surface area (Å²) in [6.07, 6.45) is 3.71. The number of nitrogens with one attached hydrogen (secondary N) is 1. The van der Waals surface area contributed by atoms with E-state index >= 15 is 0 Å². The van der Waals surface area contributed by atoms with Gasteiger partial charge in [0.2, 0.25) is 0 Å². The minimum absolute atomic E-state index is 0.236. The van der Waals surface area contributed by atoms with Crippen LogP contribution in [0.5, 0.6) is 0 Å². The molecule has 0 aromatic carbocycles. The fourth-order valence-electron chi connectivity index (χ4n) is 1.98. The number of carboxylic acids is 1. The second-order valence-electron chi connectivity index (χ2n) is 4.43. The van der Waals surface area contributed by atoms with Gasteiger partial charge in [-0.3, -0.25) is 4.79 Å². The molecule has 1 saturated carbocycles. The number of carboxylic acid groups (broad SMARTS) is 1. The van der Waals surface area contributed by atoms with Crippen LogP contribution in [0.25, 0.3) is 0 Å². The van der Waals surface area contributed by atoms with Crippen LogP contribution >= 0.6 is 11.6 Å². The largest absolute Gasteiger partial charge is 0.481 e. The number of halogens is 1. The van der Waals surface area contributed by atoms with Crippen molar-refractivity contribution in [3.63, 3.8) is 0 Å². The Balaban J connectivity index is 2.11. The number of nitriles is 1. The molecule has 18 heavy (non-hydrogen) atoms. The third kappa shape index (κ3) is 2.12. The zero-order valence-corrected chi connectivity index (χ0v) is 10.4. The van der Waals surface area contributed by atoms with Gasteiger partial charge in [0.1, 0.15) is 16.9 Å². The number of aliphatic carboxylic acids is 1. The highest BCUT2D eigenvalue weighted by molar-refractivity contribution is 6.34. The van der Waals surface area contributed by atoms with Crippen LogP contribution in [-0.4, -0.2) is 22.6 Å². The number of carbonyl (C=O) groups is 1. The summed E-state index contributed by atoms with van der Waals surface area (Å²) < 4.78 is 0. The van der Waals surface area contributed by atoms with E-state index in [9.17, 15) is 9.90 Å². The Morgan fingerprint density at radius 2 is 2.39 bits per heavy atom. The molecule has 1 aromatic rings. The average molecular weight is 266 g/mol. The van der Waals surface area contributed by atoms with Crippen LogP contribution in [0.4, 0.5) is 5.82 Å². The van der Waals surface area contributed by atoms with Gasteiger partial charge in [-0.05, 0) is 18.9 Å². The lowest BCUT2D eigenvalue weighted by Crippen LogP contribution is -2.43. The summed E-state index contributed by atoms with van der Waals surface area (Å²) in [5, 5.41) is 21.2. The van der Waals surface area contributed by atoms with Crippen LogP contribution in [0, 0.1) is 16.7 Å². The molecule has 0 saturated heterocycles. The minimum atomic E-state index is -0.797. The van der Waals surface area contributed by atoms with Crippen LogP contribution in [0.15, 0.2) is 12.3 Å². The molecule has 0 atom stereocenters. The summed E-state index contributed by atoms with van der Waals surface area (Å²) in [6.45, 7) is 0.282. The molecule has 1 aliphatic rings. The lowest BCUT2D eigenvalue weighted by molar-refractivity contribution is -0.153. The first-order chi connectivity index (χ1) is 8.59. The van der Waals surface area contributed by atoms with Crippen molar-refractivity contribution in [1.82, 2.24) is 4.98 Å². The van der Waals surface area contributed by atoms with E-state index in [4.69, 9.17) is 16.9 Å². The summed E-state index contributed by atoms with van der Waals surface area (Å²) >= 11 is 5.98. The molecule has 1 aromatic heterocycles. The fraction of sp³-hybridized carbons (Fsp3) is 0.417. The van der Waals surface area contributed by atoms with Gasteiger partial charge in [-0.1, -0.05) is 18.0 Å². The van der Waals surface area contributed by atoms with Gasteiger partial charge in [-0.25, -0.2) is 4.98 Å². The van der Waals surface area contributed by atoms with Crippen molar-refractivity contribution in [2.24, 2.45) is 5.41 Å². The first-order valence-electron chi connectivity index (χ1n) is 5.61. The second-order valence-corrected chi connectivity index (χ2v) is 4.80. The van der Waals surface area contributed by atoms with Crippen LogP contribution in [0.1, 0.15) is 24.8 Å². The molecule has 1 aliphatic carbocycles. The van der Waals surface area contributed by atoms with Crippen LogP contribution in [0.3, 0.4) is 0 Å². The van der Waals surface area contributed by atoms with Crippen molar-refractivity contribution in [1.29, 1.82) is 5.26 Å². The highest BCUT2D eigenvalue weighted by Crippen LogP contribution is 2.41. The zero-order chi connectivity index (χ0) is 13.2. The molecule has 94 valence electrons. The van der Waals surface area contributed by atoms with Gasteiger partial charge in [0.15, 0.2) is 0 Å². The molecule has 5 nitrogen and oxygen atoms in total. The van der Waals surface area contributed by atoms with Crippen molar-refractivity contribution < 1.29 is 9.90 Å². The molecular weight excluding hydrogens is 254 g/mol. The molecule has 6 heteroatoms. The third-order valence-corrected chi connectivity index (χ3v) is 3.75. The smallest absolute Gasteiger partial charge is 0.311 e. The summed E-state index contributed by atoms with van der Waals surface area (Å²) in [5.41, 5.74) is -0.389. The Bertz CT molecular complexity index is 521. The number of anilines is 1. The van der Waals surface area contributed by atoms with Gasteiger partial charge >= 0.3 is 5.97 Å². The molecule has 0 spiro atoms. The van der Waals surface area contributed by atoms with E-state index < -0.39 is 11.4 Å². The quantitative estimate of drug-likeness (QED) is 0.872. The lowest BCUT2D eigenvalue weighted by atomic mass is 9.69. The Labute approximate surface area is 109 Å². The Hall–Kier alpha value is -1.80. The van der Waals surface area contributed by atoms with Gasteiger partial charge in [-0.15, -0.1) is 0 Å².